The van der Waals surface area contributed by atoms with Gasteiger partial charge in [-0.05, 0) is 48.2 Å². The van der Waals surface area contributed by atoms with Crippen molar-refractivity contribution >= 4 is 40.5 Å². The SMILES string of the molecule is CC(=O)c1cccc(C(=O)N2CC=C(c3cc(NC=O)nc4[nH]ccc34)C(C)C2)c1. The molecule has 2 N–H and O–H groups in total. The number of amides is 2. The molecule has 3 heterocycles. The van der Waals surface area contributed by atoms with Gasteiger partial charge in [-0.3, -0.25) is 14.4 Å². The van der Waals surface area contributed by atoms with E-state index in [1.165, 1.54) is 6.92 Å². The van der Waals surface area contributed by atoms with Crippen LogP contribution in [-0.2, 0) is 4.79 Å². The second-order valence-electron chi connectivity index (χ2n) is 7.46. The fourth-order valence-electron chi connectivity index (χ4n) is 3.92. The fraction of sp³-hybridized carbons (Fsp3) is 0.217. The molecule has 1 aromatic carbocycles. The van der Waals surface area contributed by atoms with Gasteiger partial charge < -0.3 is 15.2 Å². The number of nitrogens with zero attached hydrogens (tertiary/aromatic N) is 2. The molecule has 0 spiro atoms. The number of hydrogen-bond acceptors (Lipinski definition) is 4. The predicted molar refractivity (Wildman–Crippen MR) is 115 cm³/mol. The summed E-state index contributed by atoms with van der Waals surface area (Å²) in [5.74, 6) is 0.405. The lowest BCUT2D eigenvalue weighted by Gasteiger charge is -2.32. The van der Waals surface area contributed by atoms with E-state index >= 15 is 0 Å². The summed E-state index contributed by atoms with van der Waals surface area (Å²) in [6, 6.07) is 10.7. The molecule has 7 nitrogen and oxygen atoms in total. The van der Waals surface area contributed by atoms with Crippen molar-refractivity contribution in [2.45, 2.75) is 13.8 Å². The van der Waals surface area contributed by atoms with Crippen LogP contribution in [0.2, 0.25) is 0 Å². The van der Waals surface area contributed by atoms with E-state index in [1.54, 1.807) is 29.2 Å². The third-order valence-corrected chi connectivity index (χ3v) is 5.41. The van der Waals surface area contributed by atoms with Crippen LogP contribution in [0.5, 0.6) is 0 Å². The van der Waals surface area contributed by atoms with Gasteiger partial charge in [0.2, 0.25) is 6.41 Å². The smallest absolute Gasteiger partial charge is 0.254 e. The zero-order valence-electron chi connectivity index (χ0n) is 16.8. The Morgan fingerprint density at radius 3 is 2.77 bits per heavy atom. The van der Waals surface area contributed by atoms with E-state index in [2.05, 4.69) is 22.2 Å². The Hall–Kier alpha value is -3.74. The lowest BCUT2D eigenvalue weighted by atomic mass is 9.89. The van der Waals surface area contributed by atoms with Crippen molar-refractivity contribution in [2.24, 2.45) is 5.92 Å². The van der Waals surface area contributed by atoms with Gasteiger partial charge in [0.25, 0.3) is 5.91 Å². The highest BCUT2D eigenvalue weighted by Crippen LogP contribution is 2.33. The first-order chi connectivity index (χ1) is 14.5. The van der Waals surface area contributed by atoms with E-state index in [0.29, 0.717) is 42.1 Å². The lowest BCUT2D eigenvalue weighted by molar-refractivity contribution is -0.105. The number of anilines is 1. The minimum Gasteiger partial charge on any atom is -0.346 e. The van der Waals surface area contributed by atoms with Gasteiger partial charge in [0.05, 0.1) is 0 Å². The molecule has 0 fully saturated rings. The van der Waals surface area contributed by atoms with Crippen LogP contribution in [-0.4, -0.2) is 46.1 Å². The van der Waals surface area contributed by atoms with Gasteiger partial charge in [-0.25, -0.2) is 4.98 Å². The minimum absolute atomic E-state index is 0.0632. The van der Waals surface area contributed by atoms with Crippen molar-refractivity contribution in [3.63, 3.8) is 0 Å². The van der Waals surface area contributed by atoms with Crippen molar-refractivity contribution in [3.05, 3.63) is 65.4 Å². The molecule has 1 atom stereocenters. The molecule has 0 radical (unpaired) electrons. The van der Waals surface area contributed by atoms with E-state index < -0.39 is 0 Å². The second-order valence-corrected chi connectivity index (χ2v) is 7.46. The average Bonchev–Trinajstić information content (AvgIpc) is 3.21. The Bertz CT molecular complexity index is 1180. The number of carbonyl (C=O) groups excluding carboxylic acids is 3. The van der Waals surface area contributed by atoms with Crippen molar-refractivity contribution in [3.8, 4) is 0 Å². The van der Waals surface area contributed by atoms with E-state index in [9.17, 15) is 14.4 Å². The third-order valence-electron chi connectivity index (χ3n) is 5.41. The number of benzene rings is 1. The van der Waals surface area contributed by atoms with E-state index in [4.69, 9.17) is 0 Å². The van der Waals surface area contributed by atoms with Crippen molar-refractivity contribution in [2.75, 3.05) is 18.4 Å². The van der Waals surface area contributed by atoms with Crippen LogP contribution in [0.15, 0.2) is 48.7 Å². The second kappa shape index (κ2) is 7.94. The molecule has 4 rings (SSSR count). The van der Waals surface area contributed by atoms with Crippen LogP contribution in [0.4, 0.5) is 5.82 Å². The third kappa shape index (κ3) is 3.61. The van der Waals surface area contributed by atoms with Crippen LogP contribution >= 0.6 is 0 Å². The largest absolute Gasteiger partial charge is 0.346 e. The van der Waals surface area contributed by atoms with E-state index in [-0.39, 0.29) is 17.6 Å². The van der Waals surface area contributed by atoms with Crippen molar-refractivity contribution in [1.82, 2.24) is 14.9 Å². The number of Topliss-reactive ketones (excluding diaryl/α,β-unsaturated/α-hetero) is 1. The molecule has 0 bridgehead atoms. The lowest BCUT2D eigenvalue weighted by Crippen LogP contribution is -2.38. The van der Waals surface area contributed by atoms with Crippen LogP contribution in [0.3, 0.4) is 0 Å². The maximum atomic E-state index is 13.0. The quantitative estimate of drug-likeness (QED) is 0.504. The number of rotatable bonds is 5. The maximum absolute atomic E-state index is 13.0. The number of aromatic amines is 1. The van der Waals surface area contributed by atoms with Crippen LogP contribution in [0.1, 0.15) is 40.1 Å². The number of nitrogens with one attached hydrogen (secondary N) is 2. The molecule has 1 unspecified atom stereocenters. The highest BCUT2D eigenvalue weighted by atomic mass is 16.2. The van der Waals surface area contributed by atoms with Crippen molar-refractivity contribution in [1.29, 1.82) is 0 Å². The Morgan fingerprint density at radius 2 is 2.03 bits per heavy atom. The molecular formula is C23H22N4O3. The highest BCUT2D eigenvalue weighted by molar-refractivity contribution is 6.00. The molecule has 7 heteroatoms. The van der Waals surface area contributed by atoms with Gasteiger partial charge >= 0.3 is 0 Å². The van der Waals surface area contributed by atoms with Gasteiger partial charge in [-0.2, -0.15) is 0 Å². The Labute approximate surface area is 173 Å². The summed E-state index contributed by atoms with van der Waals surface area (Å²) in [5.41, 5.74) is 3.84. The number of aromatic nitrogens is 2. The molecule has 0 aliphatic carbocycles. The number of carbonyl (C=O) groups is 3. The Morgan fingerprint density at radius 1 is 1.23 bits per heavy atom. The Balaban J connectivity index is 1.64. The summed E-state index contributed by atoms with van der Waals surface area (Å²) in [6.07, 6.45) is 4.47. The molecule has 2 amide bonds. The van der Waals surface area contributed by atoms with Crippen molar-refractivity contribution < 1.29 is 14.4 Å². The summed E-state index contributed by atoms with van der Waals surface area (Å²) in [7, 11) is 0. The topological polar surface area (TPSA) is 95.2 Å². The molecule has 1 aliphatic rings. The first kappa shape index (κ1) is 19.6. The molecule has 0 saturated heterocycles. The molecular weight excluding hydrogens is 380 g/mol. The monoisotopic (exact) mass is 402 g/mol. The minimum atomic E-state index is -0.0925. The standard InChI is InChI=1S/C23H22N4O3/c1-14-12-27(23(30)17-5-3-4-16(10-17)15(2)29)9-7-18(14)20-11-21(25-13-28)26-22-19(20)6-8-24-22/h3-8,10-11,13-14H,9,12H2,1-2H3,(H2,24,25,26,28). The zero-order chi connectivity index (χ0) is 21.3. The summed E-state index contributed by atoms with van der Waals surface area (Å²) >= 11 is 0. The van der Waals surface area contributed by atoms with Gasteiger partial charge in [0, 0.05) is 35.8 Å². The van der Waals surface area contributed by atoms with Gasteiger partial charge in [0.15, 0.2) is 5.78 Å². The average molecular weight is 402 g/mol. The molecule has 152 valence electrons. The summed E-state index contributed by atoms with van der Waals surface area (Å²) in [5, 5.41) is 3.59. The van der Waals surface area contributed by atoms with Gasteiger partial charge in [-0.1, -0.05) is 25.1 Å². The number of fused-ring (bicyclic) bond motifs is 1. The molecule has 30 heavy (non-hydrogen) atoms. The first-order valence-corrected chi connectivity index (χ1v) is 9.77. The Kier molecular flexibility index (Phi) is 5.18. The highest BCUT2D eigenvalue weighted by Gasteiger charge is 2.26. The number of pyridine rings is 1. The molecule has 2 aromatic heterocycles. The number of H-pyrrole nitrogens is 1. The van der Waals surface area contributed by atoms with Gasteiger partial charge in [-0.15, -0.1) is 0 Å². The number of hydrogen-bond donors (Lipinski definition) is 2. The number of ketones is 1. The maximum Gasteiger partial charge on any atom is 0.254 e. The summed E-state index contributed by atoms with van der Waals surface area (Å²) in [6.45, 7) is 4.59. The fourth-order valence-corrected chi connectivity index (χ4v) is 3.92. The molecule has 0 saturated carbocycles. The molecule has 1 aliphatic heterocycles. The van der Waals surface area contributed by atoms with Crippen LogP contribution in [0.25, 0.3) is 16.6 Å². The van der Waals surface area contributed by atoms with Gasteiger partial charge in [0.1, 0.15) is 11.5 Å². The first-order valence-electron chi connectivity index (χ1n) is 9.77. The normalized spacial score (nSPS) is 16.3. The molecule has 3 aromatic rings. The zero-order valence-corrected chi connectivity index (χ0v) is 16.8. The predicted octanol–water partition coefficient (Wildman–Crippen LogP) is 3.51. The van der Waals surface area contributed by atoms with E-state index in [1.807, 2.05) is 24.4 Å². The summed E-state index contributed by atoms with van der Waals surface area (Å²) < 4.78 is 0. The van der Waals surface area contributed by atoms with E-state index in [0.717, 1.165) is 16.5 Å². The van der Waals surface area contributed by atoms with Crippen LogP contribution in [0, 0.1) is 5.92 Å². The summed E-state index contributed by atoms with van der Waals surface area (Å²) in [4.78, 5) is 44.8. The van der Waals surface area contributed by atoms with Crippen LogP contribution < -0.4 is 5.32 Å².